The van der Waals surface area contributed by atoms with Crippen LogP contribution in [-0.4, -0.2) is 40.7 Å². The number of methoxy groups -OCH3 is 1. The maximum absolute atomic E-state index is 9.10. The number of hydrogen-bond acceptors (Lipinski definition) is 6. The summed E-state index contributed by atoms with van der Waals surface area (Å²) in [5, 5.41) is 14.8. The summed E-state index contributed by atoms with van der Waals surface area (Å²) in [6.45, 7) is 2.40. The van der Waals surface area contributed by atoms with Gasteiger partial charge in [0.2, 0.25) is 0 Å². The smallest absolute Gasteiger partial charge is 0.414 e. The summed E-state index contributed by atoms with van der Waals surface area (Å²) >= 11 is 0. The van der Waals surface area contributed by atoms with E-state index in [-0.39, 0.29) is 0 Å². The summed E-state index contributed by atoms with van der Waals surface area (Å²) in [4.78, 5) is 20.5. The molecule has 2 aromatic heterocycles. The van der Waals surface area contributed by atoms with E-state index in [4.69, 9.17) is 33.4 Å². The van der Waals surface area contributed by atoms with E-state index in [1.807, 2.05) is 42.5 Å². The third-order valence-electron chi connectivity index (χ3n) is 3.99. The minimum atomic E-state index is -1.82. The van der Waals surface area contributed by atoms with Crippen LogP contribution in [0.4, 0.5) is 0 Å². The van der Waals surface area contributed by atoms with Gasteiger partial charge in [0, 0.05) is 6.54 Å². The van der Waals surface area contributed by atoms with Crippen LogP contribution in [0.1, 0.15) is 17.1 Å². The molecule has 8 heteroatoms. The van der Waals surface area contributed by atoms with Crippen LogP contribution in [0.3, 0.4) is 0 Å². The molecule has 0 unspecified atom stereocenters. The Hall–Kier alpha value is -3.52. The second kappa shape index (κ2) is 11.4. The molecule has 0 bridgehead atoms. The highest BCUT2D eigenvalue weighted by Gasteiger charge is 2.12. The van der Waals surface area contributed by atoms with Crippen LogP contribution in [-0.2, 0) is 29.1 Å². The number of nitrogens with zero attached hydrogens (tertiary/aromatic N) is 1. The first-order valence-electron chi connectivity index (χ1n) is 8.84. The number of ether oxygens (including phenoxy) is 1. The van der Waals surface area contributed by atoms with Crippen molar-refractivity contribution in [3.05, 3.63) is 78.1 Å². The number of carboxylic acid groups (broad SMARTS) is 2. The molecule has 0 radical (unpaired) electrons. The molecule has 0 saturated heterocycles. The minimum absolute atomic E-state index is 0.753. The summed E-state index contributed by atoms with van der Waals surface area (Å²) in [7, 11) is 1.71. The van der Waals surface area contributed by atoms with Gasteiger partial charge in [0.15, 0.2) is 0 Å². The molecular weight excluding hydrogens is 378 g/mol. The Bertz CT molecular complexity index is 824. The molecule has 3 aromatic rings. The maximum atomic E-state index is 9.10. The van der Waals surface area contributed by atoms with Gasteiger partial charge in [0.25, 0.3) is 0 Å². The van der Waals surface area contributed by atoms with Crippen molar-refractivity contribution in [2.45, 2.75) is 19.5 Å². The molecule has 2 heterocycles. The normalized spacial score (nSPS) is 10.3. The predicted molar refractivity (Wildman–Crippen MR) is 103 cm³/mol. The molecule has 0 spiro atoms. The van der Waals surface area contributed by atoms with E-state index < -0.39 is 11.9 Å². The first-order chi connectivity index (χ1) is 14.0. The fraction of sp³-hybridized carbons (Fsp3) is 0.238. The van der Waals surface area contributed by atoms with E-state index >= 15 is 0 Å². The Balaban J connectivity index is 0.000000438. The molecule has 3 rings (SSSR count). The molecule has 0 aliphatic rings. The first kappa shape index (κ1) is 21.8. The number of carboxylic acids is 2. The van der Waals surface area contributed by atoms with Crippen LogP contribution in [0.5, 0.6) is 5.75 Å². The van der Waals surface area contributed by atoms with Crippen molar-refractivity contribution in [3.63, 3.8) is 0 Å². The lowest BCUT2D eigenvalue weighted by atomic mass is 10.1. The molecule has 0 amide bonds. The summed E-state index contributed by atoms with van der Waals surface area (Å²) in [5.74, 6) is -0.804. The summed E-state index contributed by atoms with van der Waals surface area (Å²) < 4.78 is 16.4. The van der Waals surface area contributed by atoms with Gasteiger partial charge in [-0.3, -0.25) is 4.90 Å². The average Bonchev–Trinajstić information content (AvgIpc) is 3.41. The second-order valence-electron chi connectivity index (χ2n) is 6.04. The average molecular weight is 401 g/mol. The lowest BCUT2D eigenvalue weighted by Gasteiger charge is -2.20. The lowest BCUT2D eigenvalue weighted by molar-refractivity contribution is -0.159. The Morgan fingerprint density at radius 1 is 0.897 bits per heavy atom. The van der Waals surface area contributed by atoms with Gasteiger partial charge in [-0.05, 0) is 42.3 Å². The highest BCUT2D eigenvalue weighted by Crippen LogP contribution is 2.19. The summed E-state index contributed by atoms with van der Waals surface area (Å²) in [6.07, 6.45) is 4.33. The van der Waals surface area contributed by atoms with Crippen LogP contribution in [0.2, 0.25) is 0 Å². The van der Waals surface area contributed by atoms with E-state index in [0.29, 0.717) is 0 Å². The van der Waals surface area contributed by atoms with Gasteiger partial charge < -0.3 is 23.8 Å². The molecule has 2 N–H and O–H groups in total. The van der Waals surface area contributed by atoms with Crippen LogP contribution in [0.15, 0.2) is 69.9 Å². The summed E-state index contributed by atoms with van der Waals surface area (Å²) in [6, 6.07) is 16.0. The molecule has 154 valence electrons. The standard InChI is InChI=1S/C19H21NO3.C2H2O4/c1-21-19-9-3-2-6-16(19)10-11-20(14-17-7-4-12-22-17)15-18-8-5-13-23-18;3-1(4)2(5)6/h2-9,12-13H,10-11,14-15H2,1H3;(H,3,4)(H,5,6). The molecule has 29 heavy (non-hydrogen) atoms. The Kier molecular flexibility index (Phi) is 8.52. The van der Waals surface area contributed by atoms with Crippen molar-refractivity contribution in [3.8, 4) is 5.75 Å². The first-order valence-corrected chi connectivity index (χ1v) is 8.84. The molecule has 0 aliphatic heterocycles. The van der Waals surface area contributed by atoms with Crippen molar-refractivity contribution in [1.29, 1.82) is 0 Å². The Labute approximate surface area is 167 Å². The highest BCUT2D eigenvalue weighted by atomic mass is 16.5. The predicted octanol–water partition coefficient (Wildman–Crippen LogP) is 3.28. The fourth-order valence-electron chi connectivity index (χ4n) is 2.65. The number of furan rings is 2. The van der Waals surface area contributed by atoms with Gasteiger partial charge in [-0.2, -0.15) is 0 Å². The molecule has 0 fully saturated rings. The molecule has 1 aromatic carbocycles. The zero-order valence-electron chi connectivity index (χ0n) is 16.0. The largest absolute Gasteiger partial charge is 0.496 e. The highest BCUT2D eigenvalue weighted by molar-refractivity contribution is 6.27. The summed E-state index contributed by atoms with van der Waals surface area (Å²) in [5.41, 5.74) is 1.21. The van der Waals surface area contributed by atoms with E-state index in [1.54, 1.807) is 19.6 Å². The third-order valence-corrected chi connectivity index (χ3v) is 3.99. The Morgan fingerprint density at radius 3 is 1.90 bits per heavy atom. The number of rotatable bonds is 8. The van der Waals surface area contributed by atoms with Crippen molar-refractivity contribution in [2.75, 3.05) is 13.7 Å². The van der Waals surface area contributed by atoms with Crippen molar-refractivity contribution < 1.29 is 33.4 Å². The maximum Gasteiger partial charge on any atom is 0.414 e. The van der Waals surface area contributed by atoms with Crippen LogP contribution < -0.4 is 4.74 Å². The van der Waals surface area contributed by atoms with E-state index in [0.717, 1.165) is 43.3 Å². The molecule has 0 saturated carbocycles. The molecular formula is C21H23NO7. The van der Waals surface area contributed by atoms with Gasteiger partial charge in [0.05, 0.1) is 32.7 Å². The topological polar surface area (TPSA) is 113 Å². The van der Waals surface area contributed by atoms with Gasteiger partial charge in [0.1, 0.15) is 17.3 Å². The Morgan fingerprint density at radius 2 is 1.45 bits per heavy atom. The van der Waals surface area contributed by atoms with Crippen molar-refractivity contribution in [1.82, 2.24) is 4.90 Å². The van der Waals surface area contributed by atoms with Gasteiger partial charge in [-0.1, -0.05) is 18.2 Å². The number of benzene rings is 1. The van der Waals surface area contributed by atoms with Crippen molar-refractivity contribution >= 4 is 11.9 Å². The zero-order chi connectivity index (χ0) is 21.1. The zero-order valence-corrected chi connectivity index (χ0v) is 16.0. The quantitative estimate of drug-likeness (QED) is 0.553. The number of para-hydroxylation sites is 1. The lowest BCUT2D eigenvalue weighted by Crippen LogP contribution is -2.25. The van der Waals surface area contributed by atoms with Crippen LogP contribution >= 0.6 is 0 Å². The van der Waals surface area contributed by atoms with Crippen LogP contribution in [0.25, 0.3) is 0 Å². The molecule has 0 atom stereocenters. The number of hydrogen-bond donors (Lipinski definition) is 2. The monoisotopic (exact) mass is 401 g/mol. The van der Waals surface area contributed by atoms with Crippen LogP contribution in [0, 0.1) is 0 Å². The number of aliphatic carboxylic acids is 2. The van der Waals surface area contributed by atoms with E-state index in [1.165, 1.54) is 5.56 Å². The van der Waals surface area contributed by atoms with Gasteiger partial charge in [-0.25, -0.2) is 9.59 Å². The number of carbonyl (C=O) groups is 2. The second-order valence-corrected chi connectivity index (χ2v) is 6.04. The third kappa shape index (κ3) is 7.55. The molecule has 0 aliphatic carbocycles. The van der Waals surface area contributed by atoms with Crippen molar-refractivity contribution in [2.24, 2.45) is 0 Å². The SMILES string of the molecule is COc1ccccc1CCN(Cc1ccco1)Cc1ccco1.O=C(O)C(=O)O. The fourth-order valence-corrected chi connectivity index (χ4v) is 2.65. The van der Waals surface area contributed by atoms with E-state index in [2.05, 4.69) is 11.0 Å². The van der Waals surface area contributed by atoms with Gasteiger partial charge >= 0.3 is 11.9 Å². The minimum Gasteiger partial charge on any atom is -0.496 e. The van der Waals surface area contributed by atoms with E-state index in [9.17, 15) is 0 Å². The van der Waals surface area contributed by atoms with Gasteiger partial charge in [-0.15, -0.1) is 0 Å². The molecule has 8 nitrogen and oxygen atoms in total.